The Bertz CT molecular complexity index is 1650. The first-order chi connectivity index (χ1) is 22.0. The number of hydrogen-bond acceptors (Lipinski definition) is 7. The van der Waals surface area contributed by atoms with Crippen LogP contribution < -0.4 is 14.5 Å². The van der Waals surface area contributed by atoms with E-state index in [9.17, 15) is 14.0 Å². The van der Waals surface area contributed by atoms with Crippen LogP contribution in [0.25, 0.3) is 10.2 Å². The zero-order valence-electron chi connectivity index (χ0n) is 27.4. The molecule has 48 heavy (non-hydrogen) atoms. The van der Waals surface area contributed by atoms with E-state index >= 15 is 0 Å². The Morgan fingerprint density at radius 2 is 1.52 bits per heavy atom. The largest absolute Gasteiger partial charge is 0.495 e. The van der Waals surface area contributed by atoms with Gasteiger partial charge in [0.1, 0.15) is 11.6 Å². The summed E-state index contributed by atoms with van der Waals surface area (Å²) in [5.41, 5.74) is 4.08. The molecule has 3 aromatic carbocycles. The van der Waals surface area contributed by atoms with Gasteiger partial charge in [0.25, 0.3) is 0 Å². The molecule has 0 aliphatic carbocycles. The number of rotatable bonds is 12. The molecule has 3 heterocycles. The highest BCUT2D eigenvalue weighted by Crippen LogP contribution is 2.28. The minimum absolute atomic E-state index is 0. The number of ketones is 1. The van der Waals surface area contributed by atoms with Crippen molar-refractivity contribution < 1.29 is 13.9 Å². The molecule has 0 saturated carbocycles. The Labute approximate surface area is 305 Å². The number of piperazine rings is 1. The maximum Gasteiger partial charge on any atom is 0.308 e. The number of benzene rings is 3. The number of likely N-dealkylation sites (tertiary alicyclic amines) is 1. The van der Waals surface area contributed by atoms with Crippen molar-refractivity contribution in [1.29, 1.82) is 0 Å². The van der Waals surface area contributed by atoms with Crippen LogP contribution in [0.1, 0.15) is 41.6 Å². The van der Waals surface area contributed by atoms with E-state index in [1.54, 1.807) is 19.2 Å². The second-order valence-electron chi connectivity index (χ2n) is 12.3. The maximum absolute atomic E-state index is 13.2. The second kappa shape index (κ2) is 18.9. The van der Waals surface area contributed by atoms with Gasteiger partial charge in [-0.15, -0.1) is 37.2 Å². The van der Waals surface area contributed by atoms with Gasteiger partial charge in [-0.25, -0.2) is 4.39 Å². The summed E-state index contributed by atoms with van der Waals surface area (Å²) in [5, 5.41) is 0. The van der Waals surface area contributed by atoms with Gasteiger partial charge in [0.15, 0.2) is 5.78 Å². The summed E-state index contributed by atoms with van der Waals surface area (Å²) in [4.78, 5) is 33.1. The van der Waals surface area contributed by atoms with Crippen LogP contribution in [0.15, 0.2) is 71.5 Å². The summed E-state index contributed by atoms with van der Waals surface area (Å²) in [6.07, 6.45) is 4.90. The van der Waals surface area contributed by atoms with Crippen LogP contribution >= 0.6 is 48.6 Å². The fourth-order valence-electron chi connectivity index (χ4n) is 6.76. The number of carbonyl (C=O) groups is 1. The van der Waals surface area contributed by atoms with Gasteiger partial charge in [0.05, 0.1) is 23.0 Å². The van der Waals surface area contributed by atoms with E-state index in [1.165, 1.54) is 34.7 Å². The van der Waals surface area contributed by atoms with Crippen molar-refractivity contribution >= 4 is 70.2 Å². The van der Waals surface area contributed by atoms with Crippen molar-refractivity contribution in [3.8, 4) is 5.75 Å². The molecule has 1 aromatic heterocycles. The lowest BCUT2D eigenvalue weighted by Crippen LogP contribution is -2.46. The molecule has 0 amide bonds. The number of hydrogen-bond donors (Lipinski definition) is 0. The Kier molecular flexibility index (Phi) is 15.7. The first-order valence-electron chi connectivity index (χ1n) is 16.2. The minimum atomic E-state index is -0.323. The highest BCUT2D eigenvalue weighted by Gasteiger charge is 2.26. The van der Waals surface area contributed by atoms with Crippen molar-refractivity contribution in [2.24, 2.45) is 5.92 Å². The SMILES string of the molecule is COc1ccccc1N1CCN(CCCCc2ccc3c(c2)sc(=O)n3CCN2CCC(C(=O)c3ccc(F)cc3)CC2)CC1.Cl.Cl.Cl. The predicted octanol–water partition coefficient (Wildman–Crippen LogP) is 7.22. The van der Waals surface area contributed by atoms with Gasteiger partial charge >= 0.3 is 4.87 Å². The molecule has 2 aliphatic rings. The van der Waals surface area contributed by atoms with E-state index < -0.39 is 0 Å². The lowest BCUT2D eigenvalue weighted by atomic mass is 9.89. The number of para-hydroxylation sites is 2. The van der Waals surface area contributed by atoms with Crippen molar-refractivity contribution in [3.05, 3.63) is 93.3 Å². The number of aromatic nitrogens is 1. The number of Topliss-reactive ketones (excluding diaryl/α,β-unsaturated/α-hetero) is 1. The molecule has 12 heteroatoms. The second-order valence-corrected chi connectivity index (χ2v) is 13.3. The molecule has 0 bridgehead atoms. The lowest BCUT2D eigenvalue weighted by Gasteiger charge is -2.36. The van der Waals surface area contributed by atoms with Crippen LogP contribution in [0.4, 0.5) is 10.1 Å². The van der Waals surface area contributed by atoms with E-state index in [-0.39, 0.29) is 59.6 Å². The summed E-state index contributed by atoms with van der Waals surface area (Å²) in [6, 6.07) is 20.6. The first-order valence-corrected chi connectivity index (χ1v) is 17.0. The highest BCUT2D eigenvalue weighted by molar-refractivity contribution is 7.16. The standard InChI is InChI=1S/C36H43FN4O3S.3ClH/c1-44-33-8-3-2-7-31(33)40-23-20-38(21-24-40)17-5-4-6-27-9-14-32-34(26-27)45-36(43)41(32)25-22-39-18-15-29(16-19-39)35(42)28-10-12-30(37)13-11-28;;;/h2-3,7-14,26,29H,4-6,15-25H2,1H3;3*1H. The highest BCUT2D eigenvalue weighted by atomic mass is 35.5. The molecule has 0 spiro atoms. The van der Waals surface area contributed by atoms with E-state index in [0.29, 0.717) is 12.1 Å². The average molecular weight is 740 g/mol. The van der Waals surface area contributed by atoms with Crippen molar-refractivity contribution in [1.82, 2.24) is 14.4 Å². The summed E-state index contributed by atoms with van der Waals surface area (Å²) >= 11 is 1.34. The van der Waals surface area contributed by atoms with E-state index in [1.807, 2.05) is 16.7 Å². The number of fused-ring (bicyclic) bond motifs is 1. The molecule has 4 aromatic rings. The van der Waals surface area contributed by atoms with Gasteiger partial charge in [-0.1, -0.05) is 29.5 Å². The molecule has 6 rings (SSSR count). The Balaban J connectivity index is 0.00000208. The Hall–Kier alpha value is -2.66. The van der Waals surface area contributed by atoms with Crippen LogP contribution in [-0.4, -0.2) is 79.6 Å². The van der Waals surface area contributed by atoms with Crippen LogP contribution in [-0.2, 0) is 13.0 Å². The van der Waals surface area contributed by atoms with E-state index in [2.05, 4.69) is 45.0 Å². The van der Waals surface area contributed by atoms with Crippen LogP contribution in [0.3, 0.4) is 0 Å². The maximum atomic E-state index is 13.2. The van der Waals surface area contributed by atoms with Crippen LogP contribution in [0.5, 0.6) is 5.75 Å². The zero-order valence-corrected chi connectivity index (χ0v) is 30.6. The molecule has 2 fully saturated rings. The third-order valence-electron chi connectivity index (χ3n) is 9.45. The lowest BCUT2D eigenvalue weighted by molar-refractivity contribution is 0.0837. The molecule has 2 saturated heterocycles. The number of piperidine rings is 1. The molecule has 7 nitrogen and oxygen atoms in total. The monoisotopic (exact) mass is 738 g/mol. The summed E-state index contributed by atoms with van der Waals surface area (Å²) in [5.74, 6) is 0.701. The summed E-state index contributed by atoms with van der Waals surface area (Å²) in [6.45, 7) is 8.38. The predicted molar refractivity (Wildman–Crippen MR) is 202 cm³/mol. The Morgan fingerprint density at radius 3 is 2.23 bits per heavy atom. The van der Waals surface area contributed by atoms with E-state index in [0.717, 1.165) is 100 Å². The minimum Gasteiger partial charge on any atom is -0.495 e. The van der Waals surface area contributed by atoms with Gasteiger partial charge in [-0.2, -0.15) is 0 Å². The van der Waals surface area contributed by atoms with Gasteiger partial charge < -0.3 is 14.5 Å². The van der Waals surface area contributed by atoms with Crippen LogP contribution in [0.2, 0.25) is 0 Å². The molecular weight excluding hydrogens is 694 g/mol. The number of methoxy groups -OCH3 is 1. The quantitative estimate of drug-likeness (QED) is 0.113. The number of anilines is 1. The molecule has 0 radical (unpaired) electrons. The van der Waals surface area contributed by atoms with Crippen molar-refractivity contribution in [2.75, 3.05) is 64.4 Å². The number of aryl methyl sites for hydroxylation is 1. The topological polar surface area (TPSA) is 58.0 Å². The van der Waals surface area contributed by atoms with Gasteiger partial charge in [-0.05, 0) is 106 Å². The van der Waals surface area contributed by atoms with Gasteiger partial charge in [0, 0.05) is 50.7 Å². The van der Waals surface area contributed by atoms with Crippen LogP contribution in [0, 0.1) is 11.7 Å². The molecule has 2 aliphatic heterocycles. The fraction of sp³-hybridized carbons (Fsp3) is 0.444. The zero-order chi connectivity index (χ0) is 31.2. The normalized spacial score (nSPS) is 15.8. The average Bonchev–Trinajstić information content (AvgIpc) is 3.40. The number of nitrogens with zero attached hydrogens (tertiary/aromatic N) is 4. The Morgan fingerprint density at radius 1 is 0.833 bits per heavy atom. The molecule has 262 valence electrons. The molecule has 0 atom stereocenters. The number of halogens is 4. The van der Waals surface area contributed by atoms with Gasteiger partial charge in [-0.3, -0.25) is 19.1 Å². The van der Waals surface area contributed by atoms with Crippen molar-refractivity contribution in [3.63, 3.8) is 0 Å². The third-order valence-corrected chi connectivity index (χ3v) is 10.4. The van der Waals surface area contributed by atoms with Crippen molar-refractivity contribution in [2.45, 2.75) is 38.6 Å². The number of thiazole rings is 1. The smallest absolute Gasteiger partial charge is 0.308 e. The first kappa shape index (κ1) is 39.8. The summed E-state index contributed by atoms with van der Waals surface area (Å²) < 4.78 is 21.8. The molecular formula is C36H46Cl3FN4O3S. The fourth-order valence-corrected chi connectivity index (χ4v) is 7.74. The number of carbonyl (C=O) groups excluding carboxylic acids is 1. The number of unbranched alkanes of at least 4 members (excludes halogenated alkanes) is 1. The molecule has 0 N–H and O–H groups in total. The van der Waals surface area contributed by atoms with Gasteiger partial charge in [0.2, 0.25) is 0 Å². The van der Waals surface area contributed by atoms with E-state index in [4.69, 9.17) is 4.74 Å². The number of ether oxygens (including phenoxy) is 1. The molecule has 0 unspecified atom stereocenters. The third kappa shape index (κ3) is 9.73. The summed E-state index contributed by atoms with van der Waals surface area (Å²) in [7, 11) is 1.74.